The number of aromatic carboxylic acids is 1. The lowest BCUT2D eigenvalue weighted by Gasteiger charge is -2.29. The summed E-state index contributed by atoms with van der Waals surface area (Å²) in [4.78, 5) is 25.6. The molecule has 0 unspecified atom stereocenters. The lowest BCUT2D eigenvalue weighted by atomic mass is 9.82. The number of benzene rings is 2. The van der Waals surface area contributed by atoms with Gasteiger partial charge in [-0.25, -0.2) is 9.48 Å². The third kappa shape index (κ3) is 5.05. The third-order valence-corrected chi connectivity index (χ3v) is 7.09. The van der Waals surface area contributed by atoms with Crippen LogP contribution in [-0.2, 0) is 11.3 Å². The Morgan fingerprint density at radius 1 is 1.06 bits per heavy atom. The minimum absolute atomic E-state index is 0.103. The summed E-state index contributed by atoms with van der Waals surface area (Å²) in [5.74, 6) is 0.393. The number of amides is 1. The molecule has 2 heterocycles. The molecule has 2 fully saturated rings. The zero-order valence-corrected chi connectivity index (χ0v) is 20.3. The maximum atomic E-state index is 12.0. The van der Waals surface area contributed by atoms with E-state index in [1.807, 2.05) is 41.3 Å². The van der Waals surface area contributed by atoms with Crippen LogP contribution in [0.1, 0.15) is 66.1 Å². The number of rotatable bonds is 8. The van der Waals surface area contributed by atoms with E-state index in [-0.39, 0.29) is 23.6 Å². The fourth-order valence-corrected chi connectivity index (χ4v) is 5.08. The average molecular weight is 491 g/mol. The Bertz CT molecular complexity index is 1210. The van der Waals surface area contributed by atoms with E-state index in [9.17, 15) is 14.7 Å². The van der Waals surface area contributed by atoms with Crippen LogP contribution < -0.4 is 14.4 Å². The first-order valence-corrected chi connectivity index (χ1v) is 12.4. The Morgan fingerprint density at radius 2 is 1.78 bits per heavy atom. The topological polar surface area (TPSA) is 107 Å². The van der Waals surface area contributed by atoms with E-state index < -0.39 is 5.97 Å². The molecule has 0 atom stereocenters. The van der Waals surface area contributed by atoms with Gasteiger partial charge in [0, 0.05) is 18.7 Å². The number of methoxy groups -OCH3 is 1. The minimum atomic E-state index is -1.16. The second-order valence-electron chi connectivity index (χ2n) is 9.39. The third-order valence-electron chi connectivity index (χ3n) is 7.09. The Kier molecular flexibility index (Phi) is 6.88. The lowest BCUT2D eigenvalue weighted by Crippen LogP contribution is -2.25. The molecule has 1 saturated heterocycles. The Hall–Kier alpha value is -3.88. The van der Waals surface area contributed by atoms with Crippen molar-refractivity contribution in [3.8, 4) is 11.6 Å². The second-order valence-corrected chi connectivity index (χ2v) is 9.39. The van der Waals surface area contributed by atoms with Crippen molar-refractivity contribution < 1.29 is 24.2 Å². The van der Waals surface area contributed by atoms with Gasteiger partial charge in [0.1, 0.15) is 11.9 Å². The fraction of sp³-hybridized carbons (Fsp3) is 0.407. The molecule has 9 heteroatoms. The van der Waals surface area contributed by atoms with Crippen molar-refractivity contribution >= 4 is 17.6 Å². The first-order valence-electron chi connectivity index (χ1n) is 12.4. The van der Waals surface area contributed by atoms with Gasteiger partial charge in [-0.3, -0.25) is 4.79 Å². The molecule has 188 valence electrons. The molecule has 1 aromatic heterocycles. The molecule has 1 amide bonds. The number of hydrogen-bond acceptors (Lipinski definition) is 6. The van der Waals surface area contributed by atoms with Crippen molar-refractivity contribution in [2.75, 3.05) is 18.6 Å². The van der Waals surface area contributed by atoms with E-state index in [1.54, 1.807) is 7.11 Å². The summed E-state index contributed by atoms with van der Waals surface area (Å²) < 4.78 is 12.9. The van der Waals surface area contributed by atoms with Gasteiger partial charge in [0.2, 0.25) is 17.5 Å². The van der Waals surface area contributed by atoms with Crippen LogP contribution in [0.25, 0.3) is 0 Å². The molecule has 0 radical (unpaired) electrons. The first kappa shape index (κ1) is 23.8. The van der Waals surface area contributed by atoms with Crippen molar-refractivity contribution in [3.05, 3.63) is 65.4 Å². The molecular weight excluding hydrogens is 460 g/mol. The van der Waals surface area contributed by atoms with Crippen molar-refractivity contribution in [1.82, 2.24) is 15.0 Å². The van der Waals surface area contributed by atoms with E-state index in [1.165, 1.54) is 10.2 Å². The normalized spacial score (nSPS) is 19.9. The summed E-state index contributed by atoms with van der Waals surface area (Å²) in [5, 5.41) is 17.5. The van der Waals surface area contributed by atoms with E-state index >= 15 is 0 Å². The summed E-state index contributed by atoms with van der Waals surface area (Å²) in [5.41, 5.74) is 3.00. The highest BCUT2D eigenvalue weighted by molar-refractivity contribution is 5.95. The van der Waals surface area contributed by atoms with E-state index in [0.29, 0.717) is 18.9 Å². The number of carbonyl (C=O) groups is 2. The van der Waals surface area contributed by atoms with Crippen LogP contribution in [0.15, 0.2) is 48.5 Å². The maximum Gasteiger partial charge on any atom is 0.362 e. The van der Waals surface area contributed by atoms with Gasteiger partial charge < -0.3 is 19.5 Å². The summed E-state index contributed by atoms with van der Waals surface area (Å²) in [6, 6.07) is 15.9. The molecule has 2 aliphatic rings. The standard InChI is InChI=1S/C27H30N4O5/c1-35-22-12-4-18(5-13-22)17-31-26(25(27(33)34)28-29-31)36-23-14-8-20(9-15-23)19-6-10-21(11-7-19)30-16-2-3-24(30)32/h4-7,10-13,20,23H,2-3,8-9,14-17H2,1H3,(H,33,34)/t20-,23-. The van der Waals surface area contributed by atoms with E-state index in [2.05, 4.69) is 22.4 Å². The van der Waals surface area contributed by atoms with Crippen LogP contribution in [0, 0.1) is 0 Å². The molecule has 0 bridgehead atoms. The van der Waals surface area contributed by atoms with Crippen LogP contribution in [0.4, 0.5) is 5.69 Å². The molecule has 1 saturated carbocycles. The predicted molar refractivity (Wildman–Crippen MR) is 133 cm³/mol. The molecule has 0 spiro atoms. The number of carboxylic acids is 1. The van der Waals surface area contributed by atoms with Gasteiger partial charge in [0.25, 0.3) is 0 Å². The van der Waals surface area contributed by atoms with Gasteiger partial charge in [-0.1, -0.05) is 29.5 Å². The highest BCUT2D eigenvalue weighted by Gasteiger charge is 2.29. The average Bonchev–Trinajstić information content (AvgIpc) is 3.51. The van der Waals surface area contributed by atoms with Crippen LogP contribution in [-0.4, -0.2) is 51.7 Å². The van der Waals surface area contributed by atoms with Gasteiger partial charge in [0.15, 0.2) is 0 Å². The molecule has 36 heavy (non-hydrogen) atoms. The smallest absolute Gasteiger partial charge is 0.362 e. The highest BCUT2D eigenvalue weighted by Crippen LogP contribution is 2.36. The van der Waals surface area contributed by atoms with Crippen molar-refractivity contribution in [1.29, 1.82) is 0 Å². The Balaban J connectivity index is 1.23. The Labute approximate surface area is 209 Å². The molecule has 1 N–H and O–H groups in total. The predicted octanol–water partition coefficient (Wildman–Crippen LogP) is 4.27. The number of aromatic nitrogens is 3. The van der Waals surface area contributed by atoms with Crippen molar-refractivity contribution in [2.45, 2.75) is 57.1 Å². The minimum Gasteiger partial charge on any atom is -0.497 e. The number of ether oxygens (including phenoxy) is 2. The second kappa shape index (κ2) is 10.4. The quantitative estimate of drug-likeness (QED) is 0.503. The van der Waals surface area contributed by atoms with Crippen LogP contribution in [0.2, 0.25) is 0 Å². The molecular formula is C27H30N4O5. The summed E-state index contributed by atoms with van der Waals surface area (Å²) in [6.07, 6.45) is 4.94. The summed E-state index contributed by atoms with van der Waals surface area (Å²) in [7, 11) is 1.61. The fourth-order valence-electron chi connectivity index (χ4n) is 5.08. The van der Waals surface area contributed by atoms with Crippen LogP contribution >= 0.6 is 0 Å². The molecule has 9 nitrogen and oxygen atoms in total. The summed E-state index contributed by atoms with van der Waals surface area (Å²) >= 11 is 0. The highest BCUT2D eigenvalue weighted by atomic mass is 16.5. The molecule has 1 aliphatic heterocycles. The molecule has 1 aliphatic carbocycles. The number of carbonyl (C=O) groups excluding carboxylic acids is 1. The Morgan fingerprint density at radius 3 is 2.39 bits per heavy atom. The number of anilines is 1. The van der Waals surface area contributed by atoms with Crippen molar-refractivity contribution in [3.63, 3.8) is 0 Å². The SMILES string of the molecule is COc1ccc(Cn2nnc(C(=O)O)c2O[C@H]2CC[C@H](c3ccc(N4CCCC4=O)cc3)CC2)cc1. The largest absolute Gasteiger partial charge is 0.497 e. The number of carboxylic acid groups (broad SMARTS) is 1. The van der Waals surface area contributed by atoms with Crippen LogP contribution in [0.3, 0.4) is 0 Å². The summed E-state index contributed by atoms with van der Waals surface area (Å²) in [6.45, 7) is 1.14. The van der Waals surface area contributed by atoms with Gasteiger partial charge in [-0.2, -0.15) is 0 Å². The lowest BCUT2D eigenvalue weighted by molar-refractivity contribution is -0.117. The first-order chi connectivity index (χ1) is 17.5. The van der Waals surface area contributed by atoms with Crippen molar-refractivity contribution in [2.24, 2.45) is 0 Å². The number of nitrogens with zero attached hydrogens (tertiary/aromatic N) is 4. The van der Waals surface area contributed by atoms with Gasteiger partial charge in [-0.05, 0) is 73.4 Å². The van der Waals surface area contributed by atoms with Gasteiger partial charge in [0.05, 0.1) is 13.7 Å². The zero-order valence-electron chi connectivity index (χ0n) is 20.3. The molecule has 5 rings (SSSR count). The van der Waals surface area contributed by atoms with Gasteiger partial charge >= 0.3 is 5.97 Å². The monoisotopic (exact) mass is 490 g/mol. The molecule has 2 aromatic carbocycles. The van der Waals surface area contributed by atoms with E-state index in [0.717, 1.165) is 55.6 Å². The maximum absolute atomic E-state index is 12.0. The van der Waals surface area contributed by atoms with Crippen LogP contribution in [0.5, 0.6) is 11.6 Å². The number of hydrogen-bond donors (Lipinski definition) is 1. The van der Waals surface area contributed by atoms with E-state index in [4.69, 9.17) is 9.47 Å². The molecule has 3 aromatic rings. The zero-order chi connectivity index (χ0) is 25.1. The van der Waals surface area contributed by atoms with Gasteiger partial charge in [-0.15, -0.1) is 5.10 Å².